The smallest absolute Gasteiger partial charge is 0.328 e. The van der Waals surface area contributed by atoms with Crippen molar-refractivity contribution in [1.82, 2.24) is 9.13 Å². The van der Waals surface area contributed by atoms with Crippen molar-refractivity contribution >= 4 is 38.3 Å². The fourth-order valence-corrected chi connectivity index (χ4v) is 4.42. The third kappa shape index (κ3) is 3.45. The molecule has 0 aliphatic carbocycles. The number of nitrogens with two attached hydrogens (primary N) is 1. The lowest BCUT2D eigenvalue weighted by Gasteiger charge is -2.23. The van der Waals surface area contributed by atoms with Crippen molar-refractivity contribution < 1.29 is 18.1 Å². The molecular formula is C17H17N5O6S. The summed E-state index contributed by atoms with van der Waals surface area (Å²) in [5.41, 5.74) is 5.63. The minimum Gasteiger partial charge on any atom is -0.368 e. The van der Waals surface area contributed by atoms with Gasteiger partial charge in [-0.3, -0.25) is 28.3 Å². The summed E-state index contributed by atoms with van der Waals surface area (Å²) >= 11 is 0. The number of hydrogen-bond acceptors (Lipinski definition) is 6. The fourth-order valence-electron chi connectivity index (χ4n) is 2.97. The molecular weight excluding hydrogens is 402 g/mol. The molecule has 1 amide bonds. The Bertz CT molecular complexity index is 1290. The van der Waals surface area contributed by atoms with Crippen LogP contribution >= 0.6 is 0 Å². The van der Waals surface area contributed by atoms with Crippen LogP contribution in [0.25, 0.3) is 11.0 Å². The number of primary amides is 1. The van der Waals surface area contributed by atoms with Gasteiger partial charge in [0, 0.05) is 26.2 Å². The maximum Gasteiger partial charge on any atom is 0.328 e. The number of nitro benzene ring substituents is 1. The molecule has 0 aliphatic heterocycles. The van der Waals surface area contributed by atoms with Crippen molar-refractivity contribution in [3.8, 4) is 0 Å². The summed E-state index contributed by atoms with van der Waals surface area (Å²) in [6.45, 7) is -0.661. The molecule has 11 nitrogen and oxygen atoms in total. The number of nitrogens with zero attached hydrogens (tertiary/aromatic N) is 4. The molecule has 1 aromatic heterocycles. The van der Waals surface area contributed by atoms with Crippen LogP contribution in [-0.4, -0.2) is 34.9 Å². The molecule has 0 saturated carbocycles. The molecule has 2 N–H and O–H groups in total. The second-order valence-corrected chi connectivity index (χ2v) is 8.16. The highest BCUT2D eigenvalue weighted by molar-refractivity contribution is 7.92. The highest BCUT2D eigenvalue weighted by atomic mass is 32.2. The van der Waals surface area contributed by atoms with Crippen molar-refractivity contribution in [3.05, 3.63) is 63.1 Å². The molecule has 0 bridgehead atoms. The lowest BCUT2D eigenvalue weighted by atomic mass is 10.3. The van der Waals surface area contributed by atoms with Gasteiger partial charge in [0.15, 0.2) is 0 Å². The zero-order valence-corrected chi connectivity index (χ0v) is 16.3. The number of benzene rings is 2. The summed E-state index contributed by atoms with van der Waals surface area (Å²) in [4.78, 5) is 33.6. The summed E-state index contributed by atoms with van der Waals surface area (Å²) in [6.07, 6.45) is 0. The Balaban J connectivity index is 2.15. The molecule has 2 aromatic carbocycles. The van der Waals surface area contributed by atoms with E-state index in [-0.39, 0.29) is 22.0 Å². The normalized spacial score (nSPS) is 11.5. The zero-order valence-electron chi connectivity index (χ0n) is 15.5. The van der Waals surface area contributed by atoms with Gasteiger partial charge in [-0.15, -0.1) is 0 Å². The predicted octanol–water partition coefficient (Wildman–Crippen LogP) is 0.466. The molecule has 0 fully saturated rings. The van der Waals surface area contributed by atoms with E-state index in [9.17, 15) is 28.1 Å². The first-order valence-corrected chi connectivity index (χ1v) is 9.69. The first kappa shape index (κ1) is 20.1. The van der Waals surface area contributed by atoms with Crippen molar-refractivity contribution in [3.63, 3.8) is 0 Å². The van der Waals surface area contributed by atoms with Gasteiger partial charge >= 0.3 is 5.69 Å². The van der Waals surface area contributed by atoms with Gasteiger partial charge in [-0.2, -0.15) is 0 Å². The number of sulfonamides is 1. The molecule has 0 radical (unpaired) electrons. The molecule has 29 heavy (non-hydrogen) atoms. The Morgan fingerprint density at radius 2 is 1.69 bits per heavy atom. The van der Waals surface area contributed by atoms with E-state index >= 15 is 0 Å². The van der Waals surface area contributed by atoms with Gasteiger partial charge in [0.05, 0.1) is 26.5 Å². The molecule has 0 unspecified atom stereocenters. The van der Waals surface area contributed by atoms with Gasteiger partial charge in [0.1, 0.15) is 6.54 Å². The number of amides is 1. The van der Waals surface area contributed by atoms with Gasteiger partial charge in [0.25, 0.3) is 15.7 Å². The number of carbonyl (C=O) groups is 1. The van der Waals surface area contributed by atoms with E-state index in [1.165, 1.54) is 46.5 Å². The van der Waals surface area contributed by atoms with Crippen molar-refractivity contribution in [1.29, 1.82) is 0 Å². The number of anilines is 1. The minimum atomic E-state index is -4.26. The fraction of sp³-hybridized carbons (Fsp3) is 0.176. The van der Waals surface area contributed by atoms with Crippen LogP contribution < -0.4 is 15.7 Å². The van der Waals surface area contributed by atoms with Gasteiger partial charge in [-0.25, -0.2) is 13.2 Å². The van der Waals surface area contributed by atoms with Crippen LogP contribution in [0.5, 0.6) is 0 Å². The number of fused-ring (bicyclic) bond motifs is 1. The monoisotopic (exact) mass is 419 g/mol. The quantitative estimate of drug-likeness (QED) is 0.453. The maximum atomic E-state index is 13.2. The summed E-state index contributed by atoms with van der Waals surface area (Å²) in [6, 6.07) is 8.82. The third-order valence-corrected chi connectivity index (χ3v) is 6.25. The number of aryl methyl sites for hydroxylation is 2. The first-order chi connectivity index (χ1) is 13.5. The molecule has 0 atom stereocenters. The molecule has 0 spiro atoms. The van der Waals surface area contributed by atoms with Gasteiger partial charge < -0.3 is 5.73 Å². The Labute approximate surface area is 164 Å². The molecule has 1 heterocycles. The van der Waals surface area contributed by atoms with E-state index in [1.54, 1.807) is 7.05 Å². The zero-order chi connectivity index (χ0) is 21.5. The first-order valence-electron chi connectivity index (χ1n) is 8.25. The van der Waals surface area contributed by atoms with E-state index in [4.69, 9.17) is 5.73 Å². The van der Waals surface area contributed by atoms with Crippen LogP contribution in [0.1, 0.15) is 0 Å². The highest BCUT2D eigenvalue weighted by Crippen LogP contribution is 2.27. The lowest BCUT2D eigenvalue weighted by Crippen LogP contribution is -2.38. The van der Waals surface area contributed by atoms with Crippen LogP contribution in [-0.2, 0) is 28.9 Å². The summed E-state index contributed by atoms with van der Waals surface area (Å²) in [5, 5.41) is 10.8. The average molecular weight is 419 g/mol. The summed E-state index contributed by atoms with van der Waals surface area (Å²) in [7, 11) is -1.18. The number of rotatable bonds is 6. The third-order valence-electron chi connectivity index (χ3n) is 4.48. The van der Waals surface area contributed by atoms with Crippen molar-refractivity contribution in [2.24, 2.45) is 19.8 Å². The van der Waals surface area contributed by atoms with E-state index < -0.39 is 27.4 Å². The average Bonchev–Trinajstić information content (AvgIpc) is 2.90. The topological polar surface area (TPSA) is 151 Å². The predicted molar refractivity (Wildman–Crippen MR) is 105 cm³/mol. The maximum absolute atomic E-state index is 13.2. The SMILES string of the molecule is Cn1c(=O)n(C)c2cc(S(=O)(=O)N(CC(N)=O)c3ccc([N+](=O)[O-])cc3)ccc21. The Kier molecular flexibility index (Phi) is 4.88. The van der Waals surface area contributed by atoms with Crippen LogP contribution in [0.2, 0.25) is 0 Å². The van der Waals surface area contributed by atoms with Crippen molar-refractivity contribution in [2.75, 3.05) is 10.8 Å². The second-order valence-electron chi connectivity index (χ2n) is 6.30. The van der Waals surface area contributed by atoms with Crippen molar-refractivity contribution in [2.45, 2.75) is 4.90 Å². The molecule has 3 rings (SSSR count). The van der Waals surface area contributed by atoms with Gasteiger partial charge in [-0.1, -0.05) is 0 Å². The second kappa shape index (κ2) is 7.05. The summed E-state index contributed by atoms with van der Waals surface area (Å²) in [5.74, 6) is -0.903. The van der Waals surface area contributed by atoms with Crippen LogP contribution in [0.4, 0.5) is 11.4 Å². The molecule has 0 aliphatic rings. The number of carbonyl (C=O) groups excluding carboxylic acids is 1. The van der Waals surface area contributed by atoms with E-state index in [0.717, 1.165) is 16.4 Å². The van der Waals surface area contributed by atoms with E-state index in [2.05, 4.69) is 0 Å². The highest BCUT2D eigenvalue weighted by Gasteiger charge is 2.28. The van der Waals surface area contributed by atoms with E-state index in [1.807, 2.05) is 0 Å². The Hall–Kier alpha value is -3.67. The molecule has 0 saturated heterocycles. The van der Waals surface area contributed by atoms with Crippen LogP contribution in [0, 0.1) is 10.1 Å². The summed E-state index contributed by atoms with van der Waals surface area (Å²) < 4.78 is 29.9. The van der Waals surface area contributed by atoms with Gasteiger partial charge in [0.2, 0.25) is 5.91 Å². The van der Waals surface area contributed by atoms with Gasteiger partial charge in [-0.05, 0) is 30.3 Å². The number of hydrogen-bond donors (Lipinski definition) is 1. The minimum absolute atomic E-state index is 0.0384. The van der Waals surface area contributed by atoms with Crippen LogP contribution in [0.3, 0.4) is 0 Å². The van der Waals surface area contributed by atoms with Crippen LogP contribution in [0.15, 0.2) is 52.2 Å². The van der Waals surface area contributed by atoms with E-state index in [0.29, 0.717) is 11.0 Å². The number of imidazole rings is 1. The number of nitro groups is 1. The largest absolute Gasteiger partial charge is 0.368 e. The lowest BCUT2D eigenvalue weighted by molar-refractivity contribution is -0.384. The number of aromatic nitrogens is 2. The molecule has 3 aromatic rings. The standard InChI is InChI=1S/C17H17N5O6S/c1-19-14-8-7-13(9-15(14)20(2)17(19)24)29(27,28)21(10-16(18)23)11-3-5-12(6-4-11)22(25)26/h3-9H,10H2,1-2H3,(H2,18,23). The number of non-ortho nitro benzene ring substituents is 1. The molecule has 152 valence electrons. The molecule has 12 heteroatoms. The Morgan fingerprint density at radius 1 is 1.10 bits per heavy atom. The Morgan fingerprint density at radius 3 is 2.24 bits per heavy atom.